The van der Waals surface area contributed by atoms with Crippen molar-refractivity contribution >= 4 is 34.9 Å². The lowest BCUT2D eigenvalue weighted by Crippen LogP contribution is -2.44. The molecule has 0 radical (unpaired) electrons. The summed E-state index contributed by atoms with van der Waals surface area (Å²) in [7, 11) is 3.49. The summed E-state index contributed by atoms with van der Waals surface area (Å²) in [5.41, 5.74) is 1.76. The predicted molar refractivity (Wildman–Crippen MR) is 132 cm³/mol. The van der Waals surface area contributed by atoms with Crippen LogP contribution in [0, 0.1) is 0 Å². The zero-order valence-electron chi connectivity index (χ0n) is 19.9. The van der Waals surface area contributed by atoms with Crippen LogP contribution < -0.4 is 21.3 Å². The summed E-state index contributed by atoms with van der Waals surface area (Å²) >= 11 is 0. The number of carbonyl (C=O) groups excluding carboxylic acids is 2. The number of nitrogens with one attached hydrogen (secondary N) is 4. The van der Waals surface area contributed by atoms with Crippen LogP contribution in [0.25, 0.3) is 5.65 Å². The van der Waals surface area contributed by atoms with Gasteiger partial charge in [-0.2, -0.15) is 0 Å². The van der Waals surface area contributed by atoms with E-state index in [1.54, 1.807) is 35.8 Å². The van der Waals surface area contributed by atoms with Crippen molar-refractivity contribution in [2.75, 3.05) is 30.0 Å². The second-order valence-corrected chi connectivity index (χ2v) is 9.33. The lowest BCUT2D eigenvalue weighted by atomic mass is 9.91. The van der Waals surface area contributed by atoms with Gasteiger partial charge in [-0.25, -0.2) is 24.3 Å². The van der Waals surface area contributed by atoms with E-state index in [4.69, 9.17) is 5.10 Å². The van der Waals surface area contributed by atoms with E-state index in [1.165, 1.54) is 12.5 Å². The zero-order chi connectivity index (χ0) is 24.4. The maximum absolute atomic E-state index is 13.0. The van der Waals surface area contributed by atoms with Gasteiger partial charge in [0.2, 0.25) is 0 Å². The van der Waals surface area contributed by atoms with Gasteiger partial charge in [-0.15, -0.1) is 5.10 Å². The van der Waals surface area contributed by atoms with Gasteiger partial charge in [0, 0.05) is 44.5 Å². The first-order valence-electron chi connectivity index (χ1n) is 11.9. The van der Waals surface area contributed by atoms with Gasteiger partial charge >= 0.3 is 6.03 Å². The van der Waals surface area contributed by atoms with E-state index in [9.17, 15) is 9.59 Å². The van der Waals surface area contributed by atoms with Crippen LogP contribution in [0.2, 0.25) is 0 Å². The number of hydrogen-bond acceptors (Lipinski definition) is 8. The number of aromatic nitrogens is 5. The molecule has 0 saturated heterocycles. The normalized spacial score (nSPS) is 19.7. The van der Waals surface area contributed by atoms with Crippen LogP contribution in [-0.4, -0.2) is 73.6 Å². The van der Waals surface area contributed by atoms with Gasteiger partial charge < -0.3 is 26.2 Å². The van der Waals surface area contributed by atoms with Crippen molar-refractivity contribution < 1.29 is 9.59 Å². The minimum absolute atomic E-state index is 0.0581. The lowest BCUT2D eigenvalue weighted by molar-refractivity contribution is 0.102. The fourth-order valence-corrected chi connectivity index (χ4v) is 4.19. The molecule has 0 bridgehead atoms. The molecular weight excluding hydrogens is 448 g/mol. The molecule has 184 valence electrons. The Labute approximate surface area is 202 Å². The Morgan fingerprint density at radius 1 is 0.971 bits per heavy atom. The molecule has 35 heavy (non-hydrogen) atoms. The fourth-order valence-electron chi connectivity index (χ4n) is 4.19. The molecule has 3 heterocycles. The number of fused-ring (bicyclic) bond motifs is 1. The van der Waals surface area contributed by atoms with E-state index in [2.05, 4.69) is 36.2 Å². The second-order valence-electron chi connectivity index (χ2n) is 9.33. The van der Waals surface area contributed by atoms with Gasteiger partial charge in [0.15, 0.2) is 11.3 Å². The van der Waals surface area contributed by atoms with Gasteiger partial charge in [-0.05, 0) is 44.6 Å². The zero-order valence-corrected chi connectivity index (χ0v) is 19.9. The summed E-state index contributed by atoms with van der Waals surface area (Å²) in [6, 6.07) is 4.35. The molecule has 2 aliphatic rings. The minimum atomic E-state index is -0.352. The monoisotopic (exact) mass is 478 g/mol. The number of rotatable bonds is 7. The molecule has 3 aromatic rings. The van der Waals surface area contributed by atoms with E-state index in [-0.39, 0.29) is 24.0 Å². The summed E-state index contributed by atoms with van der Waals surface area (Å²) in [4.78, 5) is 38.9. The first kappa shape index (κ1) is 22.8. The van der Waals surface area contributed by atoms with Crippen molar-refractivity contribution in [1.82, 2.24) is 34.8 Å². The molecule has 2 fully saturated rings. The van der Waals surface area contributed by atoms with Gasteiger partial charge in [0.05, 0.1) is 11.9 Å². The highest BCUT2D eigenvalue weighted by atomic mass is 16.2. The molecule has 3 amide bonds. The van der Waals surface area contributed by atoms with Gasteiger partial charge in [0.1, 0.15) is 18.0 Å². The van der Waals surface area contributed by atoms with Crippen molar-refractivity contribution in [3.8, 4) is 0 Å². The van der Waals surface area contributed by atoms with Crippen molar-refractivity contribution in [2.45, 2.75) is 56.7 Å². The Kier molecular flexibility index (Phi) is 6.34. The summed E-state index contributed by atoms with van der Waals surface area (Å²) in [5.74, 6) is 0.731. The van der Waals surface area contributed by atoms with Crippen LogP contribution in [0.5, 0.6) is 0 Å². The predicted octanol–water partition coefficient (Wildman–Crippen LogP) is 2.34. The Bertz CT molecular complexity index is 1200. The molecule has 12 nitrogen and oxygen atoms in total. The third-order valence-electron chi connectivity index (χ3n) is 6.27. The largest absolute Gasteiger partial charge is 0.379 e. The van der Waals surface area contributed by atoms with Gasteiger partial charge in [0.25, 0.3) is 5.91 Å². The molecular formula is C23H30N10O2. The van der Waals surface area contributed by atoms with Crippen LogP contribution in [-0.2, 0) is 0 Å². The standard InChI is InChI=1S/C23H30N10O2/c1-32(2)23(35)29-16-7-5-15(6-8-16)28-20-11-17(27-14-3-4-14)21-25-12-18(33(21)31-20)22(34)30-19-9-10-24-13-26-19/h9-16,27H,3-8H2,1-2H3,(H,28,31)(H,29,35)(H,24,26,30,34). The Hall–Kier alpha value is -3.96. The molecule has 0 aliphatic heterocycles. The smallest absolute Gasteiger partial charge is 0.317 e. The maximum atomic E-state index is 13.0. The van der Waals surface area contributed by atoms with Crippen LogP contribution in [0.3, 0.4) is 0 Å². The summed E-state index contributed by atoms with van der Waals surface area (Å²) < 4.78 is 1.58. The van der Waals surface area contributed by atoms with Crippen molar-refractivity contribution in [3.63, 3.8) is 0 Å². The fraction of sp³-hybridized carbons (Fsp3) is 0.478. The van der Waals surface area contributed by atoms with Crippen LogP contribution in [0.15, 0.2) is 30.9 Å². The number of urea groups is 1. The van der Waals surface area contributed by atoms with Crippen LogP contribution in [0.1, 0.15) is 49.0 Å². The summed E-state index contributed by atoms with van der Waals surface area (Å²) in [6.45, 7) is 0. The quantitative estimate of drug-likeness (QED) is 0.405. The van der Waals surface area contributed by atoms with E-state index in [0.717, 1.165) is 44.2 Å². The second kappa shape index (κ2) is 9.72. The molecule has 2 aliphatic carbocycles. The molecule has 12 heteroatoms. The highest BCUT2D eigenvalue weighted by Gasteiger charge is 2.26. The first-order valence-corrected chi connectivity index (χ1v) is 11.9. The van der Waals surface area contributed by atoms with E-state index < -0.39 is 0 Å². The summed E-state index contributed by atoms with van der Waals surface area (Å²) in [6.07, 6.45) is 10.3. The highest BCUT2D eigenvalue weighted by Crippen LogP contribution is 2.30. The Morgan fingerprint density at radius 2 is 1.69 bits per heavy atom. The number of nitrogens with zero attached hydrogens (tertiary/aromatic N) is 6. The van der Waals surface area contributed by atoms with Gasteiger partial charge in [-0.3, -0.25) is 4.79 Å². The number of imidazole rings is 1. The number of carbonyl (C=O) groups is 2. The average Bonchev–Trinajstić information content (AvgIpc) is 3.56. The molecule has 0 aromatic carbocycles. The van der Waals surface area contributed by atoms with Crippen LogP contribution >= 0.6 is 0 Å². The SMILES string of the molecule is CN(C)C(=O)NC1CCC(Nc2cc(NC3CC3)c3ncc(C(=O)Nc4ccncn4)n3n2)CC1. The van der Waals surface area contributed by atoms with E-state index >= 15 is 0 Å². The number of amides is 3. The van der Waals surface area contributed by atoms with Crippen molar-refractivity contribution in [3.05, 3.63) is 36.5 Å². The molecule has 3 aromatic heterocycles. The first-order chi connectivity index (χ1) is 17.0. The third-order valence-corrected chi connectivity index (χ3v) is 6.27. The topological polar surface area (TPSA) is 141 Å². The molecule has 4 N–H and O–H groups in total. The molecule has 0 unspecified atom stereocenters. The van der Waals surface area contributed by atoms with Crippen LogP contribution in [0.4, 0.5) is 22.1 Å². The Morgan fingerprint density at radius 3 is 2.37 bits per heavy atom. The van der Waals surface area contributed by atoms with Gasteiger partial charge in [-0.1, -0.05) is 0 Å². The molecule has 0 spiro atoms. The third kappa shape index (κ3) is 5.42. The molecule has 5 rings (SSSR count). The number of hydrogen-bond donors (Lipinski definition) is 4. The Balaban J connectivity index is 1.33. The summed E-state index contributed by atoms with van der Waals surface area (Å²) in [5, 5.41) is 17.6. The lowest BCUT2D eigenvalue weighted by Gasteiger charge is -2.30. The minimum Gasteiger partial charge on any atom is -0.379 e. The molecule has 0 atom stereocenters. The molecule has 2 saturated carbocycles. The maximum Gasteiger partial charge on any atom is 0.317 e. The van der Waals surface area contributed by atoms with Crippen molar-refractivity contribution in [2.24, 2.45) is 0 Å². The van der Waals surface area contributed by atoms with Crippen molar-refractivity contribution in [1.29, 1.82) is 0 Å². The number of anilines is 3. The average molecular weight is 479 g/mol. The van der Waals surface area contributed by atoms with E-state index in [1.807, 2.05) is 6.07 Å². The van der Waals surface area contributed by atoms with E-state index in [0.29, 0.717) is 29.0 Å². The highest BCUT2D eigenvalue weighted by molar-refractivity contribution is 6.03.